The van der Waals surface area contributed by atoms with E-state index in [1.807, 2.05) is 52.3 Å². The molecule has 5 heteroatoms. The van der Waals surface area contributed by atoms with Crippen LogP contribution in [0.5, 0.6) is 0 Å². The molecular formula is C32H41BrN2O2. The maximum absolute atomic E-state index is 14.1. The molecule has 0 fully saturated rings. The molecule has 2 aromatic rings. The van der Waals surface area contributed by atoms with Gasteiger partial charge in [-0.1, -0.05) is 106 Å². The number of anilines is 2. The molecule has 0 aromatic heterocycles. The number of amides is 2. The summed E-state index contributed by atoms with van der Waals surface area (Å²) in [5, 5.41) is 0. The third kappa shape index (κ3) is 5.57. The SMILES string of the molecule is CCCCC(CC)CN1C(=O)/C(=C2\C(=O)N(CC(CC)CCCC)c3cc(Br)ccc32)c2ccccc21. The number of carbonyl (C=O) groups excluding carboxylic acids is 2. The van der Waals surface area contributed by atoms with Crippen molar-refractivity contribution in [3.05, 3.63) is 58.1 Å². The average Bonchev–Trinajstić information content (AvgIpc) is 3.32. The highest BCUT2D eigenvalue weighted by molar-refractivity contribution is 9.10. The lowest BCUT2D eigenvalue weighted by molar-refractivity contribution is -0.114. The summed E-state index contributed by atoms with van der Waals surface area (Å²) >= 11 is 3.61. The number of hydrogen-bond acceptors (Lipinski definition) is 2. The van der Waals surface area contributed by atoms with E-state index in [0.717, 1.165) is 71.9 Å². The number of halogens is 1. The molecule has 0 saturated heterocycles. The number of nitrogens with zero attached hydrogens (tertiary/aromatic N) is 2. The lowest BCUT2D eigenvalue weighted by atomic mass is 9.96. The Bertz CT molecular complexity index is 1170. The van der Waals surface area contributed by atoms with Gasteiger partial charge >= 0.3 is 0 Å². The zero-order chi connectivity index (χ0) is 26.5. The van der Waals surface area contributed by atoms with Gasteiger partial charge in [0.15, 0.2) is 0 Å². The van der Waals surface area contributed by atoms with Crippen LogP contribution >= 0.6 is 15.9 Å². The van der Waals surface area contributed by atoms with E-state index in [0.29, 0.717) is 36.1 Å². The number of hydrogen-bond donors (Lipinski definition) is 0. The Morgan fingerprint density at radius 2 is 1.22 bits per heavy atom. The summed E-state index contributed by atoms with van der Waals surface area (Å²) in [4.78, 5) is 32.1. The Morgan fingerprint density at radius 3 is 1.76 bits per heavy atom. The molecular weight excluding hydrogens is 524 g/mol. The van der Waals surface area contributed by atoms with Crippen LogP contribution in [0.4, 0.5) is 11.4 Å². The molecule has 2 atom stereocenters. The first-order chi connectivity index (χ1) is 17.9. The predicted molar refractivity (Wildman–Crippen MR) is 159 cm³/mol. The van der Waals surface area contributed by atoms with Crippen LogP contribution in [0.2, 0.25) is 0 Å². The van der Waals surface area contributed by atoms with E-state index in [9.17, 15) is 9.59 Å². The van der Waals surface area contributed by atoms with E-state index < -0.39 is 0 Å². The predicted octanol–water partition coefficient (Wildman–Crippen LogP) is 8.49. The van der Waals surface area contributed by atoms with E-state index in [-0.39, 0.29) is 11.8 Å². The molecule has 2 amide bonds. The highest BCUT2D eigenvalue weighted by Crippen LogP contribution is 2.47. The third-order valence-corrected chi connectivity index (χ3v) is 8.61. The molecule has 2 aliphatic heterocycles. The summed E-state index contributed by atoms with van der Waals surface area (Å²) in [6.07, 6.45) is 8.94. The standard InChI is InChI=1S/C32H41BrN2O2/c1-5-9-13-22(7-3)20-34-27-16-12-11-15-25(27)29(31(34)36)30-26-18-17-24(33)19-28(26)35(32(30)37)21-23(8-4)14-10-6-2/h11-12,15-19,22-23H,5-10,13-14,20-21H2,1-4H3/b30-29-. The van der Waals surface area contributed by atoms with Gasteiger partial charge in [-0.05, 0) is 42.9 Å². The van der Waals surface area contributed by atoms with E-state index in [2.05, 4.69) is 43.6 Å². The Balaban J connectivity index is 1.78. The van der Waals surface area contributed by atoms with Gasteiger partial charge in [0.05, 0.1) is 22.5 Å². The van der Waals surface area contributed by atoms with Gasteiger partial charge in [-0.3, -0.25) is 9.59 Å². The van der Waals surface area contributed by atoms with Crippen molar-refractivity contribution in [2.45, 2.75) is 79.1 Å². The molecule has 4 rings (SSSR count). The Kier molecular flexibility index (Phi) is 9.28. The summed E-state index contributed by atoms with van der Waals surface area (Å²) in [6.45, 7) is 10.2. The van der Waals surface area contributed by atoms with Crippen LogP contribution in [0.1, 0.15) is 90.2 Å². The van der Waals surface area contributed by atoms with Gasteiger partial charge in [0.25, 0.3) is 11.8 Å². The van der Waals surface area contributed by atoms with Crippen molar-refractivity contribution in [2.24, 2.45) is 11.8 Å². The van der Waals surface area contributed by atoms with Crippen molar-refractivity contribution in [2.75, 3.05) is 22.9 Å². The molecule has 37 heavy (non-hydrogen) atoms. The zero-order valence-electron chi connectivity index (χ0n) is 22.9. The maximum atomic E-state index is 14.1. The fourth-order valence-electron chi connectivity index (χ4n) is 5.78. The fourth-order valence-corrected chi connectivity index (χ4v) is 6.12. The molecule has 2 unspecified atom stereocenters. The quantitative estimate of drug-likeness (QED) is 0.242. The number of carbonyl (C=O) groups is 2. The smallest absolute Gasteiger partial charge is 0.259 e. The minimum atomic E-state index is -0.0407. The second-order valence-corrected chi connectivity index (χ2v) is 11.5. The molecule has 2 aromatic carbocycles. The molecule has 0 spiro atoms. The van der Waals surface area contributed by atoms with Gasteiger partial charge in [0, 0.05) is 28.7 Å². The van der Waals surface area contributed by atoms with Gasteiger partial charge in [-0.2, -0.15) is 0 Å². The molecule has 0 bridgehead atoms. The van der Waals surface area contributed by atoms with Crippen molar-refractivity contribution in [3.63, 3.8) is 0 Å². The molecule has 2 heterocycles. The Labute approximate surface area is 231 Å². The third-order valence-electron chi connectivity index (χ3n) is 8.12. The normalized spacial score (nSPS) is 18.4. The molecule has 0 radical (unpaired) electrons. The fraction of sp³-hybridized carbons (Fsp3) is 0.500. The van der Waals surface area contributed by atoms with Gasteiger partial charge < -0.3 is 9.80 Å². The van der Waals surface area contributed by atoms with Crippen molar-refractivity contribution < 1.29 is 9.59 Å². The van der Waals surface area contributed by atoms with Crippen LogP contribution in [0.3, 0.4) is 0 Å². The van der Waals surface area contributed by atoms with Crippen LogP contribution in [0.15, 0.2) is 46.9 Å². The molecule has 0 aliphatic carbocycles. The van der Waals surface area contributed by atoms with E-state index in [4.69, 9.17) is 0 Å². The Morgan fingerprint density at radius 1 is 0.703 bits per heavy atom. The second kappa shape index (κ2) is 12.4. The van der Waals surface area contributed by atoms with Crippen LogP contribution < -0.4 is 9.80 Å². The minimum absolute atomic E-state index is 0.0340. The highest BCUT2D eigenvalue weighted by Gasteiger charge is 2.42. The van der Waals surface area contributed by atoms with Crippen LogP contribution in [-0.2, 0) is 9.59 Å². The van der Waals surface area contributed by atoms with Crippen LogP contribution in [0, 0.1) is 11.8 Å². The number of rotatable bonds is 12. The second-order valence-electron chi connectivity index (χ2n) is 10.6. The lowest BCUT2D eigenvalue weighted by Gasteiger charge is -2.24. The van der Waals surface area contributed by atoms with E-state index in [1.165, 1.54) is 6.42 Å². The number of unbranched alkanes of at least 4 members (excludes halogenated alkanes) is 2. The van der Waals surface area contributed by atoms with E-state index >= 15 is 0 Å². The summed E-state index contributed by atoms with van der Waals surface area (Å²) < 4.78 is 0.943. The van der Waals surface area contributed by atoms with Crippen molar-refractivity contribution in [1.29, 1.82) is 0 Å². The van der Waals surface area contributed by atoms with E-state index in [1.54, 1.807) is 0 Å². The van der Waals surface area contributed by atoms with Gasteiger partial charge in [0.2, 0.25) is 0 Å². The largest absolute Gasteiger partial charge is 0.307 e. The molecule has 0 N–H and O–H groups in total. The van der Waals surface area contributed by atoms with Gasteiger partial charge in [0.1, 0.15) is 0 Å². The summed E-state index contributed by atoms with van der Waals surface area (Å²) in [7, 11) is 0. The maximum Gasteiger partial charge on any atom is 0.259 e. The molecule has 4 nitrogen and oxygen atoms in total. The first-order valence-corrected chi connectivity index (χ1v) is 15.0. The number of benzene rings is 2. The summed E-state index contributed by atoms with van der Waals surface area (Å²) in [5.74, 6) is 0.811. The summed E-state index contributed by atoms with van der Waals surface area (Å²) in [5.41, 5.74) is 4.73. The Hall–Kier alpha value is -2.40. The van der Waals surface area contributed by atoms with Crippen LogP contribution in [-0.4, -0.2) is 24.9 Å². The monoisotopic (exact) mass is 564 g/mol. The van der Waals surface area contributed by atoms with Gasteiger partial charge in [-0.25, -0.2) is 0 Å². The van der Waals surface area contributed by atoms with Crippen molar-refractivity contribution in [3.8, 4) is 0 Å². The average molecular weight is 566 g/mol. The molecule has 0 saturated carbocycles. The molecule has 2 aliphatic rings. The first kappa shape index (κ1) is 27.6. The highest BCUT2D eigenvalue weighted by atomic mass is 79.9. The number of fused-ring (bicyclic) bond motifs is 2. The van der Waals surface area contributed by atoms with Crippen molar-refractivity contribution in [1.82, 2.24) is 0 Å². The number of para-hydroxylation sites is 1. The minimum Gasteiger partial charge on any atom is -0.307 e. The summed E-state index contributed by atoms with van der Waals surface area (Å²) in [6, 6.07) is 14.0. The van der Waals surface area contributed by atoms with Gasteiger partial charge in [-0.15, -0.1) is 0 Å². The van der Waals surface area contributed by atoms with Crippen LogP contribution in [0.25, 0.3) is 11.1 Å². The topological polar surface area (TPSA) is 40.6 Å². The van der Waals surface area contributed by atoms with Crippen molar-refractivity contribution >= 4 is 50.3 Å². The first-order valence-electron chi connectivity index (χ1n) is 14.2. The zero-order valence-corrected chi connectivity index (χ0v) is 24.4. The lowest BCUT2D eigenvalue weighted by Crippen LogP contribution is -2.34. The molecule has 198 valence electrons.